The Morgan fingerprint density at radius 2 is 1.04 bits per heavy atom. The summed E-state index contributed by atoms with van der Waals surface area (Å²) >= 11 is 0. The molecule has 152 valence electrons. The summed E-state index contributed by atoms with van der Waals surface area (Å²) in [5.41, 5.74) is -0.687. The van der Waals surface area contributed by atoms with Crippen LogP contribution in [0.3, 0.4) is 0 Å². The van der Waals surface area contributed by atoms with Crippen molar-refractivity contribution in [2.75, 3.05) is 11.5 Å². The molecule has 0 amide bonds. The number of nitrogens with zero attached hydrogens (tertiary/aromatic N) is 2. The zero-order chi connectivity index (χ0) is 20.2. The van der Waals surface area contributed by atoms with Gasteiger partial charge >= 0.3 is 32.6 Å². The fourth-order valence-corrected chi connectivity index (χ4v) is 3.04. The van der Waals surface area contributed by atoms with Crippen LogP contribution in [-0.4, -0.2) is 52.1 Å². The third-order valence-electron chi connectivity index (χ3n) is 2.61. The Morgan fingerprint density at radius 3 is 1.31 bits per heavy atom. The molecule has 1 rings (SSSR count). The van der Waals surface area contributed by atoms with Gasteiger partial charge < -0.3 is 0 Å². The average molecular weight is 434 g/mol. The van der Waals surface area contributed by atoms with Crippen LogP contribution in [0, 0.1) is 0 Å². The van der Waals surface area contributed by atoms with Crippen molar-refractivity contribution >= 4 is 31.7 Å². The second-order valence-electron chi connectivity index (χ2n) is 5.07. The summed E-state index contributed by atoms with van der Waals surface area (Å²) in [6.45, 7) is 0. The van der Waals surface area contributed by atoms with Crippen LogP contribution in [0.5, 0.6) is 0 Å². The maximum atomic E-state index is 12.1. The topological polar surface area (TPSA) is 111 Å². The Hall–Kier alpha value is -1.58. The fraction of sp³-hybridized carbons (Fsp3) is 0.800. The molecule has 1 aliphatic rings. The van der Waals surface area contributed by atoms with Gasteiger partial charge in [-0.05, 0) is 25.7 Å². The van der Waals surface area contributed by atoms with Crippen LogP contribution in [-0.2, 0) is 28.8 Å². The van der Waals surface area contributed by atoms with E-state index in [1.165, 1.54) is 0 Å². The number of oxime groups is 2. The van der Waals surface area contributed by atoms with Crippen molar-refractivity contribution in [3.8, 4) is 0 Å². The van der Waals surface area contributed by atoms with Crippen molar-refractivity contribution in [2.24, 2.45) is 10.3 Å². The van der Waals surface area contributed by atoms with Crippen molar-refractivity contribution in [3.63, 3.8) is 0 Å². The second-order valence-corrected chi connectivity index (χ2v) is 8.17. The minimum atomic E-state index is -5.10. The first-order valence-electron chi connectivity index (χ1n) is 6.69. The molecule has 1 aliphatic carbocycles. The van der Waals surface area contributed by atoms with Crippen LogP contribution < -0.4 is 0 Å². The van der Waals surface area contributed by atoms with E-state index in [9.17, 15) is 43.2 Å². The molecule has 1 fully saturated rings. The molecule has 0 aromatic rings. The Kier molecular flexibility index (Phi) is 6.89. The molecule has 0 unspecified atom stereocenters. The van der Waals surface area contributed by atoms with Crippen molar-refractivity contribution in [1.29, 1.82) is 0 Å². The summed E-state index contributed by atoms with van der Waals surface area (Å²) in [4.78, 5) is 0. The highest BCUT2D eigenvalue weighted by Gasteiger charge is 2.38. The summed E-state index contributed by atoms with van der Waals surface area (Å²) < 4.78 is 125. The van der Waals surface area contributed by atoms with Gasteiger partial charge in [-0.25, -0.2) is 0 Å². The highest BCUT2D eigenvalue weighted by Crippen LogP contribution is 2.21. The molecule has 0 spiro atoms. The van der Waals surface area contributed by atoms with E-state index in [1.807, 2.05) is 0 Å². The van der Waals surface area contributed by atoms with Crippen LogP contribution in [0.25, 0.3) is 0 Å². The SMILES string of the molecule is O=S(=O)(CC(F)(F)F)ON=C1CCCCC1=NOS(=O)(=O)CC(F)(F)F. The smallest absolute Gasteiger partial charge is 0.268 e. The van der Waals surface area contributed by atoms with Gasteiger partial charge in [-0.1, -0.05) is 10.3 Å². The Balaban J connectivity index is 2.90. The predicted octanol–water partition coefficient (Wildman–Crippen LogP) is 2.09. The molecule has 16 heteroatoms. The molecule has 1 saturated carbocycles. The molecule has 0 aromatic carbocycles. The molecular weight excluding hydrogens is 422 g/mol. The summed E-state index contributed by atoms with van der Waals surface area (Å²) in [5.74, 6) is -4.61. The Labute approximate surface area is 144 Å². The largest absolute Gasteiger partial charge is 0.406 e. The molecule has 26 heavy (non-hydrogen) atoms. The first-order valence-corrected chi connectivity index (χ1v) is 9.84. The minimum Gasteiger partial charge on any atom is -0.268 e. The van der Waals surface area contributed by atoms with E-state index >= 15 is 0 Å². The number of halogens is 6. The lowest BCUT2D eigenvalue weighted by Crippen LogP contribution is -2.26. The maximum Gasteiger partial charge on any atom is 0.406 e. The number of alkyl halides is 6. The average Bonchev–Trinajstić information content (AvgIpc) is 2.38. The third-order valence-corrected chi connectivity index (χ3v) is 4.58. The summed E-state index contributed by atoms with van der Waals surface area (Å²) in [5, 5.41) is 5.99. The molecule has 0 saturated heterocycles. The van der Waals surface area contributed by atoms with Gasteiger partial charge in [0.2, 0.25) is 0 Å². The van der Waals surface area contributed by atoms with Gasteiger partial charge in [-0.3, -0.25) is 8.57 Å². The second kappa shape index (κ2) is 7.98. The maximum absolute atomic E-state index is 12.1. The lowest BCUT2D eigenvalue weighted by molar-refractivity contribution is -0.108. The number of rotatable bonds is 6. The molecule has 0 aliphatic heterocycles. The van der Waals surface area contributed by atoms with Crippen molar-refractivity contribution in [2.45, 2.75) is 38.0 Å². The lowest BCUT2D eigenvalue weighted by atomic mass is 9.97. The van der Waals surface area contributed by atoms with Gasteiger partial charge in [0.05, 0.1) is 0 Å². The van der Waals surface area contributed by atoms with Crippen LogP contribution >= 0.6 is 0 Å². The number of hydrogen-bond acceptors (Lipinski definition) is 8. The van der Waals surface area contributed by atoms with E-state index < -0.39 is 44.1 Å². The molecule has 0 aromatic heterocycles. The first-order chi connectivity index (χ1) is 11.6. The van der Waals surface area contributed by atoms with Gasteiger partial charge in [0, 0.05) is 0 Å². The predicted molar refractivity (Wildman–Crippen MR) is 75.2 cm³/mol. The molecular formula is C10H12F6N2O6S2. The van der Waals surface area contributed by atoms with E-state index in [4.69, 9.17) is 0 Å². The molecule has 0 N–H and O–H groups in total. The summed E-state index contributed by atoms with van der Waals surface area (Å²) in [6.07, 6.45) is -9.48. The van der Waals surface area contributed by atoms with E-state index in [0.29, 0.717) is 12.8 Å². The first kappa shape index (κ1) is 22.5. The molecule has 0 radical (unpaired) electrons. The quantitative estimate of drug-likeness (QED) is 0.468. The third kappa shape index (κ3) is 9.21. The Morgan fingerprint density at radius 1 is 0.731 bits per heavy atom. The zero-order valence-corrected chi connectivity index (χ0v) is 14.3. The van der Waals surface area contributed by atoms with E-state index in [2.05, 4.69) is 18.9 Å². The molecule has 0 heterocycles. The van der Waals surface area contributed by atoms with Crippen LogP contribution in [0.15, 0.2) is 10.3 Å². The van der Waals surface area contributed by atoms with Crippen molar-refractivity contribution < 1.29 is 51.7 Å². The van der Waals surface area contributed by atoms with Crippen LogP contribution in [0.4, 0.5) is 26.3 Å². The standard InChI is InChI=1S/C10H12F6N2O6S2/c11-9(12,13)5-25(19,20)23-17-7-3-1-2-4-8(7)18-24-26(21,22)6-10(14,15)16/h1-6H2. The summed E-state index contributed by atoms with van der Waals surface area (Å²) in [7, 11) is -10.2. The van der Waals surface area contributed by atoms with Gasteiger partial charge in [-0.2, -0.15) is 43.2 Å². The van der Waals surface area contributed by atoms with Gasteiger partial charge in [-0.15, -0.1) is 0 Å². The van der Waals surface area contributed by atoms with Crippen LogP contribution in [0.2, 0.25) is 0 Å². The van der Waals surface area contributed by atoms with E-state index in [0.717, 1.165) is 0 Å². The van der Waals surface area contributed by atoms with Crippen molar-refractivity contribution in [1.82, 2.24) is 0 Å². The monoisotopic (exact) mass is 434 g/mol. The lowest BCUT2D eigenvalue weighted by Gasteiger charge is -2.14. The zero-order valence-electron chi connectivity index (χ0n) is 12.7. The van der Waals surface area contributed by atoms with Gasteiger partial charge in [0.1, 0.15) is 11.4 Å². The van der Waals surface area contributed by atoms with E-state index in [1.54, 1.807) is 0 Å². The highest BCUT2D eigenvalue weighted by atomic mass is 32.2. The fourth-order valence-electron chi connectivity index (χ4n) is 1.73. The highest BCUT2D eigenvalue weighted by molar-refractivity contribution is 7.87. The normalized spacial score (nSPS) is 20.4. The summed E-state index contributed by atoms with van der Waals surface area (Å²) in [6, 6.07) is 0. The van der Waals surface area contributed by atoms with E-state index in [-0.39, 0.29) is 24.3 Å². The van der Waals surface area contributed by atoms with Crippen molar-refractivity contribution in [3.05, 3.63) is 0 Å². The number of hydrogen-bond donors (Lipinski definition) is 0. The van der Waals surface area contributed by atoms with Crippen LogP contribution in [0.1, 0.15) is 25.7 Å². The molecule has 8 nitrogen and oxygen atoms in total. The molecule has 0 bridgehead atoms. The minimum absolute atomic E-state index is 0.0525. The Bertz CT molecular complexity index is 703. The van der Waals surface area contributed by atoms with Gasteiger partial charge in [0.15, 0.2) is 11.5 Å². The molecule has 0 atom stereocenters. The van der Waals surface area contributed by atoms with Gasteiger partial charge in [0.25, 0.3) is 0 Å².